The van der Waals surface area contributed by atoms with Crippen LogP contribution in [0.1, 0.15) is 15.9 Å². The summed E-state index contributed by atoms with van der Waals surface area (Å²) >= 11 is 0. The molecular formula is C11H10F2N4O. The van der Waals surface area contributed by atoms with Crippen LogP contribution >= 0.6 is 0 Å². The maximum Gasteiger partial charge on any atom is 0.261 e. The Labute approximate surface area is 101 Å². The molecule has 0 saturated heterocycles. The number of carbonyl (C=O) groups excluding carboxylic acids is 1. The molecule has 94 valence electrons. The van der Waals surface area contributed by atoms with Crippen LogP contribution in [0.25, 0.3) is 0 Å². The normalized spacial score (nSPS) is 10.4. The van der Waals surface area contributed by atoms with Crippen molar-refractivity contribution in [3.63, 3.8) is 0 Å². The number of carbonyl (C=O) groups is 1. The van der Waals surface area contributed by atoms with Gasteiger partial charge in [0.2, 0.25) is 0 Å². The molecule has 0 saturated carbocycles. The van der Waals surface area contributed by atoms with Crippen molar-refractivity contribution < 1.29 is 13.6 Å². The minimum absolute atomic E-state index is 0.0234. The molecule has 2 rings (SSSR count). The van der Waals surface area contributed by atoms with E-state index in [0.29, 0.717) is 0 Å². The maximum absolute atomic E-state index is 13.7. The lowest BCUT2D eigenvalue weighted by molar-refractivity contribution is 0.102. The number of halogens is 2. The Bertz CT molecular complexity index is 609. The fraction of sp³-hybridized carbons (Fsp3) is 0.0909. The molecule has 0 aliphatic rings. The molecule has 4 N–H and O–H groups in total. The minimum Gasteiger partial charge on any atom is -0.383 e. The molecule has 0 aliphatic heterocycles. The van der Waals surface area contributed by atoms with Crippen molar-refractivity contribution >= 4 is 17.4 Å². The van der Waals surface area contributed by atoms with Gasteiger partial charge in [-0.05, 0) is 18.6 Å². The molecule has 18 heavy (non-hydrogen) atoms. The van der Waals surface area contributed by atoms with Crippen LogP contribution in [0, 0.1) is 18.6 Å². The van der Waals surface area contributed by atoms with Crippen LogP contribution in [0.5, 0.6) is 0 Å². The molecule has 0 spiro atoms. The number of nitrogens with two attached hydrogens (primary N) is 1. The molecular weight excluding hydrogens is 242 g/mol. The lowest BCUT2D eigenvalue weighted by Crippen LogP contribution is -2.15. The number of hydrogen-bond acceptors (Lipinski definition) is 3. The molecule has 2 aromatic rings. The molecule has 1 heterocycles. The Balaban J connectivity index is 2.33. The van der Waals surface area contributed by atoms with Crippen molar-refractivity contribution in [2.24, 2.45) is 0 Å². The molecule has 1 aromatic carbocycles. The van der Waals surface area contributed by atoms with Gasteiger partial charge in [-0.1, -0.05) is 6.07 Å². The van der Waals surface area contributed by atoms with E-state index < -0.39 is 23.2 Å². The Morgan fingerprint density at radius 2 is 2.17 bits per heavy atom. The Morgan fingerprint density at radius 3 is 2.78 bits per heavy atom. The van der Waals surface area contributed by atoms with Crippen LogP contribution in [0.4, 0.5) is 20.3 Å². The zero-order chi connectivity index (χ0) is 13.3. The first kappa shape index (κ1) is 12.0. The third-order valence-electron chi connectivity index (χ3n) is 2.44. The van der Waals surface area contributed by atoms with Crippen LogP contribution in [0.2, 0.25) is 0 Å². The van der Waals surface area contributed by atoms with E-state index >= 15 is 0 Å². The predicted molar refractivity (Wildman–Crippen MR) is 62.0 cm³/mol. The van der Waals surface area contributed by atoms with E-state index in [0.717, 1.165) is 6.07 Å². The van der Waals surface area contributed by atoms with Crippen LogP contribution in [-0.2, 0) is 0 Å². The maximum atomic E-state index is 13.7. The molecule has 0 bridgehead atoms. The van der Waals surface area contributed by atoms with Gasteiger partial charge in [-0.3, -0.25) is 9.89 Å². The van der Waals surface area contributed by atoms with E-state index in [9.17, 15) is 13.6 Å². The van der Waals surface area contributed by atoms with Gasteiger partial charge in [-0.25, -0.2) is 8.78 Å². The summed E-state index contributed by atoms with van der Waals surface area (Å²) in [4.78, 5) is 11.7. The number of aromatic nitrogens is 2. The van der Waals surface area contributed by atoms with Crippen LogP contribution in [-0.4, -0.2) is 16.1 Å². The summed E-state index contributed by atoms with van der Waals surface area (Å²) in [6.07, 6.45) is 1.18. The number of hydrogen-bond donors (Lipinski definition) is 3. The quantitative estimate of drug-likeness (QED) is 0.762. The van der Waals surface area contributed by atoms with E-state index in [2.05, 4.69) is 15.5 Å². The smallest absolute Gasteiger partial charge is 0.261 e. The number of amides is 1. The predicted octanol–water partition coefficient (Wildman–Crippen LogP) is 1.83. The van der Waals surface area contributed by atoms with Gasteiger partial charge in [0.15, 0.2) is 5.82 Å². The molecule has 0 atom stereocenters. The van der Waals surface area contributed by atoms with E-state index in [-0.39, 0.29) is 16.9 Å². The Morgan fingerprint density at radius 1 is 1.44 bits per heavy atom. The number of anilines is 2. The number of rotatable bonds is 2. The fourth-order valence-electron chi connectivity index (χ4n) is 1.43. The highest BCUT2D eigenvalue weighted by atomic mass is 19.1. The summed E-state index contributed by atoms with van der Waals surface area (Å²) < 4.78 is 27.1. The number of nitrogens with zero attached hydrogens (tertiary/aromatic N) is 1. The van der Waals surface area contributed by atoms with Crippen molar-refractivity contribution in [1.82, 2.24) is 10.2 Å². The van der Waals surface area contributed by atoms with Crippen molar-refractivity contribution in [1.29, 1.82) is 0 Å². The van der Waals surface area contributed by atoms with Crippen LogP contribution < -0.4 is 11.1 Å². The monoisotopic (exact) mass is 252 g/mol. The topological polar surface area (TPSA) is 83.8 Å². The second-order valence-corrected chi connectivity index (χ2v) is 3.70. The Hall–Kier alpha value is -2.44. The molecule has 0 unspecified atom stereocenters. The molecule has 7 heteroatoms. The average Bonchev–Trinajstić information content (AvgIpc) is 2.76. The zero-order valence-corrected chi connectivity index (χ0v) is 9.42. The van der Waals surface area contributed by atoms with Crippen molar-refractivity contribution in [2.75, 3.05) is 11.1 Å². The molecule has 5 nitrogen and oxygen atoms in total. The molecule has 0 radical (unpaired) electrons. The highest BCUT2D eigenvalue weighted by molar-refractivity contribution is 6.07. The second kappa shape index (κ2) is 4.44. The van der Waals surface area contributed by atoms with Gasteiger partial charge in [0.05, 0.1) is 6.20 Å². The highest BCUT2D eigenvalue weighted by Crippen LogP contribution is 2.22. The highest BCUT2D eigenvalue weighted by Gasteiger charge is 2.17. The van der Waals surface area contributed by atoms with Gasteiger partial charge in [0, 0.05) is 0 Å². The summed E-state index contributed by atoms with van der Waals surface area (Å²) in [6, 6.07) is 2.36. The molecule has 1 amide bonds. The number of aromatic amines is 1. The van der Waals surface area contributed by atoms with Gasteiger partial charge < -0.3 is 11.1 Å². The van der Waals surface area contributed by atoms with Gasteiger partial charge in [-0.2, -0.15) is 5.10 Å². The van der Waals surface area contributed by atoms with Crippen LogP contribution in [0.3, 0.4) is 0 Å². The third kappa shape index (κ3) is 2.02. The lowest BCUT2D eigenvalue weighted by Gasteiger charge is -2.08. The van der Waals surface area contributed by atoms with Crippen LogP contribution in [0.15, 0.2) is 18.3 Å². The van der Waals surface area contributed by atoms with Gasteiger partial charge in [0.1, 0.15) is 22.9 Å². The number of nitrogens with one attached hydrogen (secondary N) is 2. The molecule has 0 aliphatic carbocycles. The summed E-state index contributed by atoms with van der Waals surface area (Å²) in [5.74, 6) is -2.37. The first-order valence-corrected chi connectivity index (χ1v) is 5.05. The first-order valence-electron chi connectivity index (χ1n) is 5.05. The number of benzene rings is 1. The standard InChI is InChI=1S/C11H10F2N4O/c1-5-2-3-7(12)9(8(5)13)16-11(18)6-4-15-17-10(6)14/h2-4H,1H3,(H,16,18)(H3,14,15,17). The summed E-state index contributed by atoms with van der Waals surface area (Å²) in [5, 5.41) is 8.04. The Kier molecular flexibility index (Phi) is 2.97. The fourth-order valence-corrected chi connectivity index (χ4v) is 1.43. The summed E-state index contributed by atoms with van der Waals surface area (Å²) in [6.45, 7) is 1.47. The summed E-state index contributed by atoms with van der Waals surface area (Å²) in [7, 11) is 0. The van der Waals surface area contributed by atoms with Gasteiger partial charge >= 0.3 is 0 Å². The van der Waals surface area contributed by atoms with E-state index in [4.69, 9.17) is 5.73 Å². The van der Waals surface area contributed by atoms with E-state index in [1.54, 1.807) is 0 Å². The average molecular weight is 252 g/mol. The number of nitrogen functional groups attached to an aromatic ring is 1. The second-order valence-electron chi connectivity index (χ2n) is 3.70. The van der Waals surface area contributed by atoms with Gasteiger partial charge in [-0.15, -0.1) is 0 Å². The molecule has 1 aromatic heterocycles. The number of H-pyrrole nitrogens is 1. The van der Waals surface area contributed by atoms with E-state index in [1.165, 1.54) is 19.2 Å². The van der Waals surface area contributed by atoms with Crippen molar-refractivity contribution in [2.45, 2.75) is 6.92 Å². The lowest BCUT2D eigenvalue weighted by atomic mass is 10.2. The zero-order valence-electron chi connectivity index (χ0n) is 9.42. The SMILES string of the molecule is Cc1ccc(F)c(NC(=O)c2cn[nH]c2N)c1F. The summed E-state index contributed by atoms with van der Waals surface area (Å²) in [5.41, 5.74) is 5.19. The third-order valence-corrected chi connectivity index (χ3v) is 2.44. The largest absolute Gasteiger partial charge is 0.383 e. The van der Waals surface area contributed by atoms with Crippen molar-refractivity contribution in [3.05, 3.63) is 41.1 Å². The van der Waals surface area contributed by atoms with E-state index in [1.807, 2.05) is 0 Å². The minimum atomic E-state index is -0.853. The van der Waals surface area contributed by atoms with Crippen molar-refractivity contribution in [3.8, 4) is 0 Å². The number of aryl methyl sites for hydroxylation is 1. The first-order chi connectivity index (χ1) is 8.50. The van der Waals surface area contributed by atoms with Gasteiger partial charge in [0.25, 0.3) is 5.91 Å². The molecule has 0 fully saturated rings.